The highest BCUT2D eigenvalue weighted by Gasteiger charge is 2.24. The van der Waals surface area contributed by atoms with Gasteiger partial charge in [0, 0.05) is 17.9 Å². The van der Waals surface area contributed by atoms with E-state index in [2.05, 4.69) is 11.9 Å². The number of ketones is 1. The Hall–Kier alpha value is -3.21. The molecule has 1 unspecified atom stereocenters. The van der Waals surface area contributed by atoms with E-state index in [1.165, 1.54) is 0 Å². The van der Waals surface area contributed by atoms with Gasteiger partial charge in [-0.15, -0.1) is 0 Å². The van der Waals surface area contributed by atoms with Crippen LogP contribution in [-0.4, -0.2) is 29.3 Å². The van der Waals surface area contributed by atoms with Crippen LogP contribution < -0.4 is 5.32 Å². The Bertz CT molecular complexity index is 842. The molecular weight excluding hydrogens is 342 g/mol. The van der Waals surface area contributed by atoms with E-state index >= 15 is 0 Å². The van der Waals surface area contributed by atoms with E-state index in [0.29, 0.717) is 12.0 Å². The minimum atomic E-state index is -1.12. The first-order valence-corrected chi connectivity index (χ1v) is 8.70. The molecule has 2 rings (SSSR count). The Balaban J connectivity index is 2.22. The van der Waals surface area contributed by atoms with Gasteiger partial charge in [-0.3, -0.25) is 14.4 Å². The third-order valence-corrected chi connectivity index (χ3v) is 4.23. The highest BCUT2D eigenvalue weighted by atomic mass is 16.4. The van der Waals surface area contributed by atoms with Crippen LogP contribution in [0.4, 0.5) is 0 Å². The van der Waals surface area contributed by atoms with Crippen LogP contribution in [0.5, 0.6) is 0 Å². The zero-order chi connectivity index (χ0) is 19.8. The van der Waals surface area contributed by atoms with Crippen molar-refractivity contribution in [3.05, 3.63) is 77.9 Å². The Morgan fingerprint density at radius 3 is 2.19 bits per heavy atom. The summed E-state index contributed by atoms with van der Waals surface area (Å²) >= 11 is 0. The van der Waals surface area contributed by atoms with Gasteiger partial charge in [0.1, 0.15) is 6.54 Å². The first-order valence-electron chi connectivity index (χ1n) is 8.70. The zero-order valence-corrected chi connectivity index (χ0v) is 15.3. The smallest absolute Gasteiger partial charge is 0.322 e. The van der Waals surface area contributed by atoms with Gasteiger partial charge in [-0.1, -0.05) is 66.7 Å². The predicted octanol–water partition coefficient (Wildman–Crippen LogP) is 3.35. The molecule has 0 spiro atoms. The van der Waals surface area contributed by atoms with Gasteiger partial charge in [-0.2, -0.15) is 0 Å². The first kappa shape index (κ1) is 20.1. The maximum Gasteiger partial charge on any atom is 0.322 e. The molecule has 2 aromatic carbocycles. The molecular formula is C22H23NO4. The van der Waals surface area contributed by atoms with Gasteiger partial charge in [-0.25, -0.2) is 0 Å². The number of carbonyl (C=O) groups is 3. The van der Waals surface area contributed by atoms with Crippen LogP contribution in [-0.2, 0) is 16.0 Å². The van der Waals surface area contributed by atoms with Gasteiger partial charge >= 0.3 is 5.97 Å². The number of hydrogen-bond acceptors (Lipinski definition) is 3. The van der Waals surface area contributed by atoms with E-state index in [9.17, 15) is 14.4 Å². The predicted molar refractivity (Wildman–Crippen MR) is 104 cm³/mol. The lowest BCUT2D eigenvalue weighted by Gasteiger charge is -2.17. The van der Waals surface area contributed by atoms with Crippen molar-refractivity contribution in [3.63, 3.8) is 0 Å². The van der Waals surface area contributed by atoms with E-state index < -0.39 is 24.3 Å². The molecule has 0 aliphatic carbocycles. The summed E-state index contributed by atoms with van der Waals surface area (Å²) in [5, 5.41) is 11.2. The van der Waals surface area contributed by atoms with Crippen molar-refractivity contribution in [1.29, 1.82) is 0 Å². The molecule has 0 aliphatic heterocycles. The molecule has 0 aromatic heterocycles. The second-order valence-electron chi connectivity index (χ2n) is 6.45. The first-order chi connectivity index (χ1) is 12.9. The van der Waals surface area contributed by atoms with Gasteiger partial charge in [-0.05, 0) is 24.5 Å². The molecule has 5 heteroatoms. The lowest BCUT2D eigenvalue weighted by atomic mass is 9.89. The highest BCUT2D eigenvalue weighted by Crippen LogP contribution is 2.22. The number of carboxylic acid groups (broad SMARTS) is 1. The number of rotatable bonds is 9. The molecule has 0 heterocycles. The summed E-state index contributed by atoms with van der Waals surface area (Å²) in [6, 6.07) is 16.5. The summed E-state index contributed by atoms with van der Waals surface area (Å²) in [4.78, 5) is 36.1. The van der Waals surface area contributed by atoms with E-state index in [1.54, 1.807) is 12.1 Å². The van der Waals surface area contributed by atoms with Crippen LogP contribution in [0.15, 0.2) is 61.2 Å². The zero-order valence-electron chi connectivity index (χ0n) is 15.3. The number of carboxylic acids is 1. The maximum absolute atomic E-state index is 12.9. The number of nitrogens with one attached hydrogen (secondary N) is 1. The largest absolute Gasteiger partial charge is 0.480 e. The summed E-state index contributed by atoms with van der Waals surface area (Å²) < 4.78 is 0. The Kier molecular flexibility index (Phi) is 7.06. The standard InChI is InChI=1S/C22H23NO4/c1-15(2)18-10-6-7-11-19(18)20(24)13-17(22(27)23-14-21(25)26)12-16-8-4-3-5-9-16/h3-11,17H,1,12-14H2,2H3,(H,23,27)(H,25,26). The SMILES string of the molecule is C=C(C)c1ccccc1C(=O)CC(Cc1ccccc1)C(=O)NCC(=O)O. The highest BCUT2D eigenvalue weighted by molar-refractivity contribution is 6.02. The number of Topliss-reactive ketones (excluding diaryl/α,β-unsaturated/α-hetero) is 1. The minimum absolute atomic E-state index is 0.00929. The maximum atomic E-state index is 12.9. The molecule has 1 amide bonds. The van der Waals surface area contributed by atoms with Crippen molar-refractivity contribution >= 4 is 23.2 Å². The molecule has 2 N–H and O–H groups in total. The third kappa shape index (κ3) is 5.92. The van der Waals surface area contributed by atoms with Crippen LogP contribution in [0.2, 0.25) is 0 Å². The fourth-order valence-electron chi connectivity index (χ4n) is 2.90. The minimum Gasteiger partial charge on any atom is -0.480 e. The lowest BCUT2D eigenvalue weighted by Crippen LogP contribution is -2.36. The van der Waals surface area contributed by atoms with Gasteiger partial charge in [0.25, 0.3) is 0 Å². The quantitative estimate of drug-likeness (QED) is 0.668. The van der Waals surface area contributed by atoms with Crippen molar-refractivity contribution in [2.45, 2.75) is 19.8 Å². The van der Waals surface area contributed by atoms with Crippen molar-refractivity contribution in [1.82, 2.24) is 5.32 Å². The molecule has 0 saturated carbocycles. The average Bonchev–Trinajstić information content (AvgIpc) is 2.66. The number of amides is 1. The van der Waals surface area contributed by atoms with E-state index in [4.69, 9.17) is 5.11 Å². The van der Waals surface area contributed by atoms with Gasteiger partial charge in [0.2, 0.25) is 5.91 Å². The normalized spacial score (nSPS) is 11.4. The summed E-state index contributed by atoms with van der Waals surface area (Å²) in [5.74, 6) is -2.39. The fourth-order valence-corrected chi connectivity index (χ4v) is 2.90. The monoisotopic (exact) mass is 365 g/mol. The third-order valence-electron chi connectivity index (χ3n) is 4.23. The summed E-state index contributed by atoms with van der Waals surface area (Å²) in [7, 11) is 0. The van der Waals surface area contributed by atoms with Crippen LogP contribution in [0.25, 0.3) is 5.57 Å². The molecule has 27 heavy (non-hydrogen) atoms. The number of aliphatic carboxylic acids is 1. The molecule has 0 fully saturated rings. The number of hydrogen-bond donors (Lipinski definition) is 2. The Morgan fingerprint density at radius 2 is 1.59 bits per heavy atom. The molecule has 0 bridgehead atoms. The molecule has 140 valence electrons. The molecule has 0 aliphatic rings. The van der Waals surface area contributed by atoms with Crippen molar-refractivity contribution in [3.8, 4) is 0 Å². The Morgan fingerprint density at radius 1 is 1.00 bits per heavy atom. The molecule has 0 saturated heterocycles. The van der Waals surface area contributed by atoms with Crippen molar-refractivity contribution in [2.24, 2.45) is 5.92 Å². The van der Waals surface area contributed by atoms with Crippen molar-refractivity contribution in [2.75, 3.05) is 6.54 Å². The van der Waals surface area contributed by atoms with E-state index in [-0.39, 0.29) is 12.2 Å². The average molecular weight is 365 g/mol. The molecule has 1 atom stereocenters. The molecule has 5 nitrogen and oxygen atoms in total. The summed E-state index contributed by atoms with van der Waals surface area (Å²) in [6.45, 7) is 5.26. The van der Waals surface area contributed by atoms with Crippen LogP contribution in [0, 0.1) is 5.92 Å². The molecule has 0 radical (unpaired) electrons. The molecule has 2 aromatic rings. The fraction of sp³-hybridized carbons (Fsp3) is 0.227. The van der Waals surface area contributed by atoms with Gasteiger partial charge < -0.3 is 10.4 Å². The van der Waals surface area contributed by atoms with Gasteiger partial charge in [0.05, 0.1) is 0 Å². The topological polar surface area (TPSA) is 83.5 Å². The second kappa shape index (κ2) is 9.48. The van der Waals surface area contributed by atoms with E-state index in [0.717, 1.165) is 16.7 Å². The van der Waals surface area contributed by atoms with Crippen molar-refractivity contribution < 1.29 is 19.5 Å². The van der Waals surface area contributed by atoms with Crippen LogP contribution in [0.1, 0.15) is 34.8 Å². The van der Waals surface area contributed by atoms with Gasteiger partial charge in [0.15, 0.2) is 5.78 Å². The summed E-state index contributed by atoms with van der Waals surface area (Å²) in [5.41, 5.74) is 2.96. The summed E-state index contributed by atoms with van der Waals surface area (Å²) in [6.07, 6.45) is 0.345. The second-order valence-corrected chi connectivity index (χ2v) is 6.45. The number of allylic oxidation sites excluding steroid dienone is 1. The van der Waals surface area contributed by atoms with E-state index in [1.807, 2.05) is 49.4 Å². The lowest BCUT2D eigenvalue weighted by molar-refractivity contribution is -0.138. The number of carbonyl (C=O) groups excluding carboxylic acids is 2. The van der Waals surface area contributed by atoms with Crippen LogP contribution >= 0.6 is 0 Å². The Labute approximate surface area is 158 Å². The number of benzene rings is 2. The van der Waals surface area contributed by atoms with Crippen LogP contribution in [0.3, 0.4) is 0 Å².